The highest BCUT2D eigenvalue weighted by Crippen LogP contribution is 2.38. The molecule has 47 heavy (non-hydrogen) atoms. The lowest BCUT2D eigenvalue weighted by molar-refractivity contribution is -0.143. The third-order valence-electron chi connectivity index (χ3n) is 7.79. The van der Waals surface area contributed by atoms with Gasteiger partial charge in [-0.05, 0) is 55.7 Å². The first-order valence-electron chi connectivity index (χ1n) is 14.2. The molecule has 8 nitrogen and oxygen atoms in total. The maximum absolute atomic E-state index is 15.1. The number of aryl methyl sites for hydroxylation is 2. The molecule has 0 bridgehead atoms. The Morgan fingerprint density at radius 3 is 2.30 bits per heavy atom. The zero-order valence-corrected chi connectivity index (χ0v) is 25.4. The van der Waals surface area contributed by atoms with E-state index >= 15 is 4.39 Å². The lowest BCUT2D eigenvalue weighted by Gasteiger charge is -2.22. The van der Waals surface area contributed by atoms with E-state index in [1.165, 1.54) is 58.3 Å². The number of carboxylic acid groups (broad SMARTS) is 1. The average Bonchev–Trinajstić information content (AvgIpc) is 2.97. The van der Waals surface area contributed by atoms with Crippen molar-refractivity contribution in [2.45, 2.75) is 58.0 Å². The predicted molar refractivity (Wildman–Crippen MR) is 160 cm³/mol. The van der Waals surface area contributed by atoms with Crippen LogP contribution in [0.15, 0.2) is 53.5 Å². The molecule has 15 heteroatoms. The number of fused-ring (bicyclic) bond motifs is 1. The van der Waals surface area contributed by atoms with E-state index in [0.717, 1.165) is 16.7 Å². The fourth-order valence-corrected chi connectivity index (χ4v) is 5.30. The molecule has 0 unspecified atom stereocenters. The van der Waals surface area contributed by atoms with Crippen molar-refractivity contribution in [3.05, 3.63) is 92.8 Å². The molecule has 2 aromatic carbocycles. The number of pyridine rings is 2. The number of halogens is 7. The van der Waals surface area contributed by atoms with Crippen molar-refractivity contribution in [1.82, 2.24) is 14.9 Å². The molecule has 250 valence electrons. The number of benzene rings is 2. The Morgan fingerprint density at radius 1 is 1.04 bits per heavy atom. The van der Waals surface area contributed by atoms with Gasteiger partial charge in [0.25, 0.3) is 11.5 Å². The molecule has 2 aromatic heterocycles. The van der Waals surface area contributed by atoms with Gasteiger partial charge in [-0.1, -0.05) is 25.1 Å². The predicted octanol–water partition coefficient (Wildman–Crippen LogP) is 6.55. The van der Waals surface area contributed by atoms with Gasteiger partial charge in [0.2, 0.25) is 0 Å². The van der Waals surface area contributed by atoms with Crippen LogP contribution in [-0.2, 0) is 24.4 Å². The van der Waals surface area contributed by atoms with E-state index < -0.39 is 70.8 Å². The van der Waals surface area contributed by atoms with Crippen LogP contribution in [-0.4, -0.2) is 44.8 Å². The molecule has 4 rings (SSSR count). The molecule has 0 aliphatic carbocycles. The minimum Gasteiger partial charge on any atom is -0.480 e. The topological polar surface area (TPSA) is 113 Å². The normalized spacial score (nSPS) is 13.3. The third-order valence-corrected chi connectivity index (χ3v) is 7.79. The lowest BCUT2D eigenvalue weighted by atomic mass is 9.93. The SMILES string of the molecule is CC[C@H](Nc1cc(C)c(C(=O)N[C@@H](Cc2ccc(-c3c(C(F)(F)F)cc(C)n(C)c3=O)c3ncccc23)C(=O)O)c(F)c1)C(F)(F)F. The highest BCUT2D eigenvalue weighted by Gasteiger charge is 2.39. The number of nitrogens with zero attached hydrogens (tertiary/aromatic N) is 2. The smallest absolute Gasteiger partial charge is 0.417 e. The van der Waals surface area contributed by atoms with Gasteiger partial charge in [-0.3, -0.25) is 14.6 Å². The Balaban J connectivity index is 1.70. The quantitative estimate of drug-likeness (QED) is 0.175. The fraction of sp³-hybridized carbons (Fsp3) is 0.312. The van der Waals surface area contributed by atoms with Crippen molar-refractivity contribution >= 4 is 28.5 Å². The van der Waals surface area contributed by atoms with E-state index in [-0.39, 0.29) is 45.4 Å². The van der Waals surface area contributed by atoms with Crippen LogP contribution in [0.3, 0.4) is 0 Å². The maximum Gasteiger partial charge on any atom is 0.417 e. The number of carbonyl (C=O) groups is 2. The molecule has 0 aliphatic heterocycles. The molecule has 4 aromatic rings. The van der Waals surface area contributed by atoms with Gasteiger partial charge in [-0.2, -0.15) is 26.3 Å². The first-order valence-corrected chi connectivity index (χ1v) is 14.2. The van der Waals surface area contributed by atoms with E-state index in [0.29, 0.717) is 6.07 Å². The molecule has 2 atom stereocenters. The molecule has 0 saturated heterocycles. The molecular formula is C32H29F7N4O4. The van der Waals surface area contributed by atoms with Gasteiger partial charge in [0.05, 0.1) is 22.2 Å². The Labute approximate surface area is 263 Å². The minimum absolute atomic E-state index is 0.0267. The van der Waals surface area contributed by atoms with Crippen molar-refractivity contribution in [2.24, 2.45) is 7.05 Å². The van der Waals surface area contributed by atoms with Crippen molar-refractivity contribution in [2.75, 3.05) is 5.32 Å². The number of aromatic nitrogens is 2. The fourth-order valence-electron chi connectivity index (χ4n) is 5.30. The minimum atomic E-state index is -4.89. The molecule has 0 saturated carbocycles. The highest BCUT2D eigenvalue weighted by molar-refractivity contribution is 5.99. The summed E-state index contributed by atoms with van der Waals surface area (Å²) in [6.45, 7) is 3.92. The first kappa shape index (κ1) is 34.9. The van der Waals surface area contributed by atoms with Gasteiger partial charge in [-0.15, -0.1) is 0 Å². The van der Waals surface area contributed by atoms with Gasteiger partial charge < -0.3 is 20.3 Å². The van der Waals surface area contributed by atoms with Crippen LogP contribution in [0.4, 0.5) is 36.4 Å². The van der Waals surface area contributed by atoms with Crippen molar-refractivity contribution in [1.29, 1.82) is 0 Å². The molecule has 0 radical (unpaired) electrons. The number of aliphatic carboxylic acids is 1. The molecule has 0 aliphatic rings. The van der Waals surface area contributed by atoms with Crippen LogP contribution in [0.5, 0.6) is 0 Å². The molecule has 0 spiro atoms. The van der Waals surface area contributed by atoms with Crippen molar-refractivity contribution in [3.63, 3.8) is 0 Å². The molecule has 1 amide bonds. The van der Waals surface area contributed by atoms with Gasteiger partial charge >= 0.3 is 18.3 Å². The van der Waals surface area contributed by atoms with Crippen LogP contribution >= 0.6 is 0 Å². The lowest BCUT2D eigenvalue weighted by Crippen LogP contribution is -2.43. The number of hydrogen-bond donors (Lipinski definition) is 3. The summed E-state index contributed by atoms with van der Waals surface area (Å²) in [6, 6.07) is 4.48. The van der Waals surface area contributed by atoms with Gasteiger partial charge in [0.1, 0.15) is 17.9 Å². The van der Waals surface area contributed by atoms with E-state index in [1.807, 2.05) is 0 Å². The zero-order chi connectivity index (χ0) is 35.0. The van der Waals surface area contributed by atoms with E-state index in [4.69, 9.17) is 0 Å². The monoisotopic (exact) mass is 666 g/mol. The number of rotatable bonds is 9. The van der Waals surface area contributed by atoms with E-state index in [9.17, 15) is 45.8 Å². The second kappa shape index (κ2) is 13.0. The number of alkyl halides is 6. The Hall–Kier alpha value is -4.95. The molecule has 3 N–H and O–H groups in total. The number of hydrogen-bond acceptors (Lipinski definition) is 5. The molecular weight excluding hydrogens is 637 g/mol. The number of nitrogens with one attached hydrogen (secondary N) is 2. The van der Waals surface area contributed by atoms with Crippen LogP contribution in [0.2, 0.25) is 0 Å². The highest BCUT2D eigenvalue weighted by atomic mass is 19.4. The first-order chi connectivity index (χ1) is 21.8. The second-order valence-electron chi connectivity index (χ2n) is 11.0. The number of amides is 1. The Kier molecular flexibility index (Phi) is 9.69. The summed E-state index contributed by atoms with van der Waals surface area (Å²) in [5.41, 5.74) is -3.48. The van der Waals surface area contributed by atoms with Crippen molar-refractivity contribution in [3.8, 4) is 11.1 Å². The number of carboxylic acids is 1. The summed E-state index contributed by atoms with van der Waals surface area (Å²) in [4.78, 5) is 42.6. The Bertz CT molecular complexity index is 1900. The van der Waals surface area contributed by atoms with Gasteiger partial charge in [0.15, 0.2) is 0 Å². The zero-order valence-electron chi connectivity index (χ0n) is 25.4. The Morgan fingerprint density at radius 2 is 1.72 bits per heavy atom. The van der Waals surface area contributed by atoms with Crippen LogP contribution in [0.1, 0.15) is 46.1 Å². The maximum atomic E-state index is 15.1. The summed E-state index contributed by atoms with van der Waals surface area (Å²) < 4.78 is 97.9. The van der Waals surface area contributed by atoms with E-state index in [1.54, 1.807) is 0 Å². The van der Waals surface area contributed by atoms with Crippen molar-refractivity contribution < 1.29 is 45.4 Å². The number of anilines is 1. The molecule has 2 heterocycles. The summed E-state index contributed by atoms with van der Waals surface area (Å²) >= 11 is 0. The summed E-state index contributed by atoms with van der Waals surface area (Å²) in [5, 5.41) is 14.5. The summed E-state index contributed by atoms with van der Waals surface area (Å²) in [7, 11) is 1.32. The summed E-state index contributed by atoms with van der Waals surface area (Å²) in [6.07, 6.45) is -8.98. The number of carbonyl (C=O) groups excluding carboxylic acids is 1. The van der Waals surface area contributed by atoms with E-state index in [2.05, 4.69) is 15.6 Å². The summed E-state index contributed by atoms with van der Waals surface area (Å²) in [5.74, 6) is -3.87. The van der Waals surface area contributed by atoms with Crippen LogP contribution in [0, 0.1) is 19.7 Å². The third kappa shape index (κ3) is 7.23. The standard InChI is InChI=1S/C32H29F7N4O4/c1-5-24(32(37,38)39)41-18-11-15(2)25(22(33)14-18)28(44)42-23(30(46)47)13-17-8-9-20(27-19(17)7-6-10-40-27)26-21(31(34,35)36)12-16(3)43(4)29(26)45/h6-12,14,23-24,41H,5,13H2,1-4H3,(H,42,44)(H,46,47)/t23-,24-/m0/s1. The van der Waals surface area contributed by atoms with Crippen LogP contribution < -0.4 is 16.2 Å². The average molecular weight is 667 g/mol. The van der Waals surface area contributed by atoms with Gasteiger partial charge in [-0.25, -0.2) is 9.18 Å². The van der Waals surface area contributed by atoms with Gasteiger partial charge in [0, 0.05) is 42.0 Å². The van der Waals surface area contributed by atoms with Crippen LogP contribution in [0.25, 0.3) is 22.0 Å². The largest absolute Gasteiger partial charge is 0.480 e. The second-order valence-corrected chi connectivity index (χ2v) is 11.0. The molecule has 0 fully saturated rings.